The molecular weight excluding hydrogens is 252 g/mol. The Bertz CT molecular complexity index is 333. The number of nitrogens with one attached hydrogen (secondary N) is 1. The van der Waals surface area contributed by atoms with Crippen molar-refractivity contribution in [1.82, 2.24) is 9.62 Å². The fourth-order valence-electron chi connectivity index (χ4n) is 2.66. The van der Waals surface area contributed by atoms with Crippen molar-refractivity contribution in [3.63, 3.8) is 0 Å². The summed E-state index contributed by atoms with van der Waals surface area (Å²) in [5, 5.41) is -0.138. The van der Waals surface area contributed by atoms with Gasteiger partial charge in [0.25, 0.3) is 0 Å². The van der Waals surface area contributed by atoms with Crippen molar-refractivity contribution in [1.29, 1.82) is 0 Å². The predicted octanol–water partition coefficient (Wildman–Crippen LogP) is 0.571. The zero-order valence-electron chi connectivity index (χ0n) is 10.9. The van der Waals surface area contributed by atoms with E-state index < -0.39 is 10.0 Å². The summed E-state index contributed by atoms with van der Waals surface area (Å²) >= 11 is 0. The van der Waals surface area contributed by atoms with Crippen molar-refractivity contribution >= 4 is 10.0 Å². The molecule has 0 spiro atoms. The maximum absolute atomic E-state index is 11.9. The molecular formula is C12H24N2O3S. The number of hydrogen-bond donors (Lipinski definition) is 1. The van der Waals surface area contributed by atoms with Crippen molar-refractivity contribution < 1.29 is 13.2 Å². The molecule has 0 aromatic heterocycles. The number of nitrogens with zero attached hydrogens (tertiary/aromatic N) is 1. The van der Waals surface area contributed by atoms with Crippen LogP contribution in [0.4, 0.5) is 0 Å². The molecule has 0 aromatic rings. The summed E-state index contributed by atoms with van der Waals surface area (Å²) in [7, 11) is -3.06. The lowest BCUT2D eigenvalue weighted by atomic mass is 10.3. The molecule has 0 atom stereocenters. The first-order chi connectivity index (χ1) is 8.68. The van der Waals surface area contributed by atoms with Gasteiger partial charge in [0.05, 0.1) is 18.5 Å². The third kappa shape index (κ3) is 4.19. The van der Waals surface area contributed by atoms with Gasteiger partial charge < -0.3 is 4.74 Å². The van der Waals surface area contributed by atoms with Gasteiger partial charge >= 0.3 is 0 Å². The van der Waals surface area contributed by atoms with Crippen molar-refractivity contribution in [2.24, 2.45) is 0 Å². The minimum absolute atomic E-state index is 0.138. The molecule has 5 nitrogen and oxygen atoms in total. The lowest BCUT2D eigenvalue weighted by Gasteiger charge is -2.26. The number of ether oxygens (including phenoxy) is 1. The topological polar surface area (TPSA) is 58.6 Å². The fourth-order valence-corrected chi connectivity index (χ4v) is 4.28. The van der Waals surface area contributed by atoms with Crippen LogP contribution in [0, 0.1) is 0 Å². The van der Waals surface area contributed by atoms with Crippen LogP contribution in [-0.4, -0.2) is 58.0 Å². The Labute approximate surface area is 110 Å². The smallest absolute Gasteiger partial charge is 0.214 e. The van der Waals surface area contributed by atoms with Crippen molar-refractivity contribution in [3.05, 3.63) is 0 Å². The Hall–Kier alpha value is -0.170. The Morgan fingerprint density at radius 3 is 2.50 bits per heavy atom. The molecule has 0 radical (unpaired) electrons. The highest BCUT2D eigenvalue weighted by atomic mass is 32.2. The number of morpholine rings is 1. The molecule has 1 aliphatic heterocycles. The van der Waals surface area contributed by atoms with E-state index in [1.807, 2.05) is 0 Å². The molecule has 1 saturated heterocycles. The van der Waals surface area contributed by atoms with Gasteiger partial charge in [0.2, 0.25) is 10.0 Å². The Morgan fingerprint density at radius 1 is 1.17 bits per heavy atom. The minimum Gasteiger partial charge on any atom is -0.379 e. The second-order valence-electron chi connectivity index (χ2n) is 5.15. The SMILES string of the molecule is O=S(=O)(NCCCN1CCOCC1)C1CCCC1. The lowest BCUT2D eigenvalue weighted by Crippen LogP contribution is -2.39. The summed E-state index contributed by atoms with van der Waals surface area (Å²) in [5.74, 6) is 0. The zero-order valence-corrected chi connectivity index (χ0v) is 11.8. The first-order valence-corrected chi connectivity index (χ1v) is 8.52. The molecule has 0 bridgehead atoms. The molecule has 0 amide bonds. The van der Waals surface area contributed by atoms with E-state index in [1.165, 1.54) is 0 Å². The number of sulfonamides is 1. The van der Waals surface area contributed by atoms with E-state index in [-0.39, 0.29) is 5.25 Å². The molecule has 6 heteroatoms. The molecule has 0 aromatic carbocycles. The maximum atomic E-state index is 11.9. The molecule has 106 valence electrons. The quantitative estimate of drug-likeness (QED) is 0.721. The van der Waals surface area contributed by atoms with E-state index >= 15 is 0 Å². The highest BCUT2D eigenvalue weighted by Crippen LogP contribution is 2.23. The average molecular weight is 276 g/mol. The van der Waals surface area contributed by atoms with Crippen LogP contribution in [0.25, 0.3) is 0 Å². The van der Waals surface area contributed by atoms with Gasteiger partial charge in [-0.05, 0) is 25.8 Å². The summed E-state index contributed by atoms with van der Waals surface area (Å²) in [6, 6.07) is 0. The predicted molar refractivity (Wildman–Crippen MR) is 71.1 cm³/mol. The third-order valence-electron chi connectivity index (χ3n) is 3.80. The van der Waals surface area contributed by atoms with Gasteiger partial charge in [0.15, 0.2) is 0 Å². The van der Waals surface area contributed by atoms with Crippen LogP contribution in [-0.2, 0) is 14.8 Å². The standard InChI is InChI=1S/C12H24N2O3S/c15-18(16,12-4-1-2-5-12)13-6-3-7-14-8-10-17-11-9-14/h12-13H,1-11H2. The normalized spacial score (nSPS) is 23.6. The van der Waals surface area contributed by atoms with Crippen molar-refractivity contribution in [2.45, 2.75) is 37.4 Å². The molecule has 1 aliphatic carbocycles. The summed E-state index contributed by atoms with van der Waals surface area (Å²) < 4.78 is 31.9. The summed E-state index contributed by atoms with van der Waals surface area (Å²) in [5.41, 5.74) is 0. The average Bonchev–Trinajstić information content (AvgIpc) is 2.91. The van der Waals surface area contributed by atoms with Crippen LogP contribution in [0.5, 0.6) is 0 Å². The van der Waals surface area contributed by atoms with Crippen LogP contribution >= 0.6 is 0 Å². The van der Waals surface area contributed by atoms with Crippen molar-refractivity contribution in [3.8, 4) is 0 Å². The van der Waals surface area contributed by atoms with Gasteiger partial charge in [0, 0.05) is 19.6 Å². The lowest BCUT2D eigenvalue weighted by molar-refractivity contribution is 0.0376. The van der Waals surface area contributed by atoms with Gasteiger partial charge in [-0.25, -0.2) is 13.1 Å². The van der Waals surface area contributed by atoms with Crippen LogP contribution in [0.1, 0.15) is 32.1 Å². The number of rotatable bonds is 6. The largest absolute Gasteiger partial charge is 0.379 e. The first-order valence-electron chi connectivity index (χ1n) is 6.97. The van der Waals surface area contributed by atoms with E-state index in [0.717, 1.165) is 65.0 Å². The molecule has 2 rings (SSSR count). The van der Waals surface area contributed by atoms with E-state index in [9.17, 15) is 8.42 Å². The van der Waals surface area contributed by atoms with E-state index in [4.69, 9.17) is 4.74 Å². The molecule has 18 heavy (non-hydrogen) atoms. The molecule has 2 fully saturated rings. The monoisotopic (exact) mass is 276 g/mol. The minimum atomic E-state index is -3.06. The van der Waals surface area contributed by atoms with Crippen LogP contribution < -0.4 is 4.72 Å². The number of hydrogen-bond acceptors (Lipinski definition) is 4. The zero-order chi connectivity index (χ0) is 12.8. The fraction of sp³-hybridized carbons (Fsp3) is 1.00. The Balaban J connectivity index is 1.62. The third-order valence-corrected chi connectivity index (χ3v) is 5.75. The molecule has 0 unspecified atom stereocenters. The highest BCUT2D eigenvalue weighted by Gasteiger charge is 2.27. The van der Waals surface area contributed by atoms with Crippen LogP contribution in [0.2, 0.25) is 0 Å². The second-order valence-corrected chi connectivity index (χ2v) is 7.20. The maximum Gasteiger partial charge on any atom is 0.214 e. The Kier molecular flexibility index (Phi) is 5.41. The Morgan fingerprint density at radius 2 is 1.83 bits per heavy atom. The van der Waals surface area contributed by atoms with Crippen LogP contribution in [0.15, 0.2) is 0 Å². The van der Waals surface area contributed by atoms with Gasteiger partial charge in [-0.1, -0.05) is 12.8 Å². The van der Waals surface area contributed by atoms with E-state index in [2.05, 4.69) is 9.62 Å². The van der Waals surface area contributed by atoms with Gasteiger partial charge in [-0.15, -0.1) is 0 Å². The summed E-state index contributed by atoms with van der Waals surface area (Å²) in [6.45, 7) is 5.05. The summed E-state index contributed by atoms with van der Waals surface area (Å²) in [4.78, 5) is 2.33. The van der Waals surface area contributed by atoms with Gasteiger partial charge in [0.1, 0.15) is 0 Å². The molecule has 1 saturated carbocycles. The summed E-state index contributed by atoms with van der Waals surface area (Å²) in [6.07, 6.45) is 4.66. The van der Waals surface area contributed by atoms with Crippen molar-refractivity contribution in [2.75, 3.05) is 39.4 Å². The molecule has 1 heterocycles. The first kappa shape index (κ1) is 14.2. The van der Waals surface area contributed by atoms with Gasteiger partial charge in [-0.2, -0.15) is 0 Å². The second kappa shape index (κ2) is 6.84. The van der Waals surface area contributed by atoms with E-state index in [1.54, 1.807) is 0 Å². The van der Waals surface area contributed by atoms with E-state index in [0.29, 0.717) is 6.54 Å². The van der Waals surface area contributed by atoms with Gasteiger partial charge in [-0.3, -0.25) is 4.90 Å². The van der Waals surface area contributed by atoms with Crippen LogP contribution in [0.3, 0.4) is 0 Å². The molecule has 2 aliphatic rings. The highest BCUT2D eigenvalue weighted by molar-refractivity contribution is 7.90. The molecule has 1 N–H and O–H groups in total.